The van der Waals surface area contributed by atoms with Crippen LogP contribution in [0.1, 0.15) is 38.2 Å². The van der Waals surface area contributed by atoms with E-state index in [1.165, 1.54) is 0 Å². The van der Waals surface area contributed by atoms with Crippen molar-refractivity contribution in [3.63, 3.8) is 0 Å². The molecular weight excluding hydrogens is 483 g/mol. The summed E-state index contributed by atoms with van der Waals surface area (Å²) in [6.07, 6.45) is 4.03. The van der Waals surface area contributed by atoms with Gasteiger partial charge in [-0.15, -0.1) is 24.0 Å². The third-order valence-electron chi connectivity index (χ3n) is 5.26. The zero-order valence-electron chi connectivity index (χ0n) is 18.2. The maximum Gasteiger partial charge on any atom is 0.230 e. The monoisotopic (exact) mass is 518 g/mol. The molecule has 1 aromatic rings. The number of hydrogen-bond donors (Lipinski definition) is 2. The van der Waals surface area contributed by atoms with Crippen LogP contribution >= 0.6 is 24.0 Å². The number of rotatable bonds is 8. The van der Waals surface area contributed by atoms with Crippen LogP contribution in [-0.4, -0.2) is 58.2 Å². The number of hydrogen-bond acceptors (Lipinski definition) is 4. The maximum absolute atomic E-state index is 12.8. The molecule has 0 radical (unpaired) electrons. The molecule has 0 heterocycles. The first-order valence-electron chi connectivity index (χ1n) is 9.90. The van der Waals surface area contributed by atoms with E-state index in [2.05, 4.69) is 10.6 Å². The van der Waals surface area contributed by atoms with Crippen molar-refractivity contribution in [2.75, 3.05) is 41.4 Å². The highest BCUT2D eigenvalue weighted by Gasteiger charge is 2.42. The Kier molecular flexibility index (Phi) is 10.6. The highest BCUT2D eigenvalue weighted by molar-refractivity contribution is 14.0. The van der Waals surface area contributed by atoms with E-state index >= 15 is 0 Å². The van der Waals surface area contributed by atoms with Crippen LogP contribution in [0.4, 0.5) is 0 Å². The number of carbonyl (C=O) groups excluding carboxylic acids is 1. The third kappa shape index (κ3) is 6.65. The number of benzene rings is 1. The standard InChI is InChI=1S/C21H34N4O3.HI/c1-6-22-20(23-14-16-9-10-17(27-4)13-18(16)28-5)24-15-21(11-7-8-12-21)19(26)25(2)3;/h9-10,13H,6-8,11-12,14-15H2,1-5H3,(H2,22,23,24);1H. The summed E-state index contributed by atoms with van der Waals surface area (Å²) in [5, 5.41) is 6.67. The molecule has 7 nitrogen and oxygen atoms in total. The van der Waals surface area contributed by atoms with Crippen LogP contribution in [0.2, 0.25) is 0 Å². The molecule has 1 aliphatic rings. The van der Waals surface area contributed by atoms with E-state index < -0.39 is 0 Å². The molecule has 1 fully saturated rings. The average Bonchev–Trinajstić information content (AvgIpc) is 3.19. The molecule has 1 aliphatic carbocycles. The Bertz CT molecular complexity index is 689. The lowest BCUT2D eigenvalue weighted by molar-refractivity contribution is -0.138. The number of carbonyl (C=O) groups is 1. The van der Waals surface area contributed by atoms with Crippen LogP contribution in [0.25, 0.3) is 0 Å². The van der Waals surface area contributed by atoms with Crippen LogP contribution in [0.15, 0.2) is 23.2 Å². The summed E-state index contributed by atoms with van der Waals surface area (Å²) >= 11 is 0. The number of guanidine groups is 1. The summed E-state index contributed by atoms with van der Waals surface area (Å²) in [5.41, 5.74) is 0.637. The second kappa shape index (κ2) is 12.1. The Morgan fingerprint density at radius 3 is 2.41 bits per heavy atom. The van der Waals surface area contributed by atoms with Crippen molar-refractivity contribution >= 4 is 35.8 Å². The molecule has 0 saturated heterocycles. The van der Waals surface area contributed by atoms with Crippen molar-refractivity contribution in [3.05, 3.63) is 23.8 Å². The Labute approximate surface area is 191 Å². The highest BCUT2D eigenvalue weighted by Crippen LogP contribution is 2.38. The molecule has 1 amide bonds. The molecule has 0 spiro atoms. The molecule has 8 heteroatoms. The van der Waals surface area contributed by atoms with E-state index in [1.807, 2.05) is 39.2 Å². The number of nitrogens with zero attached hydrogens (tertiary/aromatic N) is 2. The van der Waals surface area contributed by atoms with Crippen molar-refractivity contribution < 1.29 is 14.3 Å². The van der Waals surface area contributed by atoms with Gasteiger partial charge in [-0.2, -0.15) is 0 Å². The van der Waals surface area contributed by atoms with Crippen molar-refractivity contribution in [2.24, 2.45) is 10.4 Å². The Balaban J connectivity index is 0.00000420. The Morgan fingerprint density at radius 1 is 1.17 bits per heavy atom. The first kappa shape index (κ1) is 25.3. The minimum atomic E-state index is -0.336. The van der Waals surface area contributed by atoms with Gasteiger partial charge >= 0.3 is 0 Å². The zero-order valence-corrected chi connectivity index (χ0v) is 20.5. The molecule has 1 saturated carbocycles. The van der Waals surface area contributed by atoms with Gasteiger partial charge in [0.15, 0.2) is 5.96 Å². The minimum Gasteiger partial charge on any atom is -0.497 e. The van der Waals surface area contributed by atoms with Gasteiger partial charge < -0.3 is 25.0 Å². The average molecular weight is 518 g/mol. The summed E-state index contributed by atoms with van der Waals surface area (Å²) in [4.78, 5) is 19.2. The second-order valence-corrected chi connectivity index (χ2v) is 7.41. The lowest BCUT2D eigenvalue weighted by Crippen LogP contribution is -2.49. The molecule has 0 aromatic heterocycles. The van der Waals surface area contributed by atoms with Crippen LogP contribution < -0.4 is 20.1 Å². The topological polar surface area (TPSA) is 75.2 Å². The predicted octanol–water partition coefficient (Wildman–Crippen LogP) is 3.03. The normalized spacial score (nSPS) is 15.3. The predicted molar refractivity (Wildman–Crippen MR) is 127 cm³/mol. The molecule has 2 rings (SSSR count). The van der Waals surface area contributed by atoms with E-state index in [0.717, 1.165) is 49.3 Å². The number of ether oxygens (including phenoxy) is 2. The van der Waals surface area contributed by atoms with Crippen LogP contribution in [0, 0.1) is 5.41 Å². The summed E-state index contributed by atoms with van der Waals surface area (Å²) in [5.74, 6) is 2.40. The van der Waals surface area contributed by atoms with Crippen LogP contribution in [0.5, 0.6) is 11.5 Å². The quantitative estimate of drug-likeness (QED) is 0.315. The molecule has 2 N–H and O–H groups in total. The number of halogens is 1. The third-order valence-corrected chi connectivity index (χ3v) is 5.26. The fourth-order valence-electron chi connectivity index (χ4n) is 3.73. The second-order valence-electron chi connectivity index (χ2n) is 7.41. The van der Waals surface area contributed by atoms with Gasteiger partial charge in [0.25, 0.3) is 0 Å². The van der Waals surface area contributed by atoms with E-state index in [1.54, 1.807) is 19.1 Å². The first-order chi connectivity index (χ1) is 13.5. The molecule has 0 atom stereocenters. The molecule has 29 heavy (non-hydrogen) atoms. The molecular formula is C21H35IN4O3. The molecule has 0 bridgehead atoms. The van der Waals surface area contributed by atoms with Gasteiger partial charge in [0.05, 0.1) is 26.2 Å². The number of methoxy groups -OCH3 is 2. The fraction of sp³-hybridized carbons (Fsp3) is 0.619. The van der Waals surface area contributed by atoms with E-state index in [9.17, 15) is 4.79 Å². The summed E-state index contributed by atoms with van der Waals surface area (Å²) in [6, 6.07) is 5.71. The lowest BCUT2D eigenvalue weighted by atomic mass is 9.84. The maximum atomic E-state index is 12.8. The highest BCUT2D eigenvalue weighted by atomic mass is 127. The van der Waals surface area contributed by atoms with Crippen molar-refractivity contribution in [3.8, 4) is 11.5 Å². The summed E-state index contributed by atoms with van der Waals surface area (Å²) < 4.78 is 10.7. The van der Waals surface area contributed by atoms with Crippen molar-refractivity contribution in [1.29, 1.82) is 0 Å². The molecule has 0 unspecified atom stereocenters. The molecule has 0 aliphatic heterocycles. The van der Waals surface area contributed by atoms with Gasteiger partial charge in [-0.25, -0.2) is 4.99 Å². The fourth-order valence-corrected chi connectivity index (χ4v) is 3.73. The lowest BCUT2D eigenvalue weighted by Gasteiger charge is -2.31. The molecule has 1 aromatic carbocycles. The van der Waals surface area contributed by atoms with E-state index in [0.29, 0.717) is 19.0 Å². The largest absolute Gasteiger partial charge is 0.497 e. The van der Waals surface area contributed by atoms with Crippen molar-refractivity contribution in [1.82, 2.24) is 15.5 Å². The summed E-state index contributed by atoms with van der Waals surface area (Å²) in [7, 11) is 6.94. The van der Waals surface area contributed by atoms with Gasteiger partial charge in [0.2, 0.25) is 5.91 Å². The number of amides is 1. The molecule has 164 valence electrons. The number of aliphatic imine (C=N–C) groups is 1. The van der Waals surface area contributed by atoms with Crippen LogP contribution in [-0.2, 0) is 11.3 Å². The first-order valence-corrected chi connectivity index (χ1v) is 9.90. The van der Waals surface area contributed by atoms with Gasteiger partial charge in [0, 0.05) is 38.8 Å². The Morgan fingerprint density at radius 2 is 1.86 bits per heavy atom. The van der Waals surface area contributed by atoms with Gasteiger partial charge in [0.1, 0.15) is 11.5 Å². The number of nitrogens with one attached hydrogen (secondary N) is 2. The van der Waals surface area contributed by atoms with E-state index in [4.69, 9.17) is 14.5 Å². The van der Waals surface area contributed by atoms with Gasteiger partial charge in [-0.05, 0) is 31.9 Å². The minimum absolute atomic E-state index is 0. The Hall–Kier alpha value is -1.71. The smallest absolute Gasteiger partial charge is 0.230 e. The van der Waals surface area contributed by atoms with Crippen LogP contribution in [0.3, 0.4) is 0 Å². The summed E-state index contributed by atoms with van der Waals surface area (Å²) in [6.45, 7) is 3.84. The van der Waals surface area contributed by atoms with Gasteiger partial charge in [-0.3, -0.25) is 4.79 Å². The zero-order chi connectivity index (χ0) is 20.6. The van der Waals surface area contributed by atoms with Gasteiger partial charge in [-0.1, -0.05) is 12.8 Å². The van der Waals surface area contributed by atoms with E-state index in [-0.39, 0.29) is 35.3 Å². The SMILES string of the molecule is CCNC(=NCc1ccc(OC)cc1OC)NCC1(C(=O)N(C)C)CCCC1.I. The van der Waals surface area contributed by atoms with Crippen molar-refractivity contribution in [2.45, 2.75) is 39.2 Å².